The number of rotatable bonds is 3. The average molecular weight is 240 g/mol. The van der Waals surface area contributed by atoms with Crippen molar-refractivity contribution < 1.29 is 21.6 Å². The van der Waals surface area contributed by atoms with E-state index in [9.17, 15) is 8.42 Å². The molecule has 6 heteroatoms. The molecule has 0 aromatic carbocycles. The molecule has 0 aromatic heterocycles. The van der Waals surface area contributed by atoms with Gasteiger partial charge in [-0.2, -0.15) is 8.42 Å². The fourth-order valence-corrected chi connectivity index (χ4v) is 1.86. The summed E-state index contributed by atoms with van der Waals surface area (Å²) in [5, 5.41) is 0. The van der Waals surface area contributed by atoms with E-state index in [1.54, 1.807) is 0 Å². The van der Waals surface area contributed by atoms with Gasteiger partial charge in [0.15, 0.2) is 0 Å². The molecule has 1 fully saturated rings. The Hall–Kier alpha value is -0.170. The fraction of sp³-hybridized carbons (Fsp3) is 1.00. The van der Waals surface area contributed by atoms with E-state index in [-0.39, 0.29) is 6.61 Å². The van der Waals surface area contributed by atoms with Crippen LogP contribution in [0.15, 0.2) is 0 Å². The molecular formula is C9H22NO4S+. The summed E-state index contributed by atoms with van der Waals surface area (Å²) < 4.78 is 32.0. The fourth-order valence-electron chi connectivity index (χ4n) is 1.56. The minimum atomic E-state index is -4.17. The molecule has 1 aliphatic rings. The summed E-state index contributed by atoms with van der Waals surface area (Å²) >= 11 is 0. The van der Waals surface area contributed by atoms with Crippen LogP contribution >= 0.6 is 0 Å². The standard InChI is InChI=1S/C7H16N.C2H6O4S/c1-3-8(2)6-4-5-7-8;1-2-6-7(3,4)5/h3-7H2,1-2H3;2H2,1H3,(H,3,4,5)/q+1;. The first kappa shape index (κ1) is 14.8. The third-order valence-electron chi connectivity index (χ3n) is 2.68. The zero-order valence-corrected chi connectivity index (χ0v) is 10.6. The van der Waals surface area contributed by atoms with Gasteiger partial charge in [-0.25, -0.2) is 4.18 Å². The van der Waals surface area contributed by atoms with Crippen molar-refractivity contribution >= 4 is 10.4 Å². The highest BCUT2D eigenvalue weighted by atomic mass is 32.3. The molecule has 0 atom stereocenters. The quantitative estimate of drug-likeness (QED) is 0.592. The van der Waals surface area contributed by atoms with Crippen LogP contribution in [0.1, 0.15) is 26.7 Å². The van der Waals surface area contributed by atoms with E-state index in [2.05, 4.69) is 18.2 Å². The highest BCUT2D eigenvalue weighted by Crippen LogP contribution is 2.14. The molecule has 0 aromatic rings. The van der Waals surface area contributed by atoms with Gasteiger partial charge in [0.05, 0.1) is 33.3 Å². The number of hydrogen-bond acceptors (Lipinski definition) is 3. The van der Waals surface area contributed by atoms with Crippen LogP contribution in [-0.4, -0.2) is 50.7 Å². The van der Waals surface area contributed by atoms with Gasteiger partial charge < -0.3 is 4.48 Å². The smallest absolute Gasteiger partial charge is 0.326 e. The second-order valence-corrected chi connectivity index (χ2v) is 5.02. The van der Waals surface area contributed by atoms with Crippen molar-refractivity contribution in [2.24, 2.45) is 0 Å². The number of nitrogens with zero attached hydrogens (tertiary/aromatic N) is 1. The molecule has 1 rings (SSSR count). The van der Waals surface area contributed by atoms with Gasteiger partial charge in [0.2, 0.25) is 0 Å². The molecule has 0 bridgehead atoms. The third-order valence-corrected chi connectivity index (χ3v) is 3.21. The summed E-state index contributed by atoms with van der Waals surface area (Å²) in [6, 6.07) is 0. The summed E-state index contributed by atoms with van der Waals surface area (Å²) in [5.41, 5.74) is 0. The highest BCUT2D eigenvalue weighted by molar-refractivity contribution is 7.80. The largest absolute Gasteiger partial charge is 0.397 e. The zero-order chi connectivity index (χ0) is 11.9. The van der Waals surface area contributed by atoms with Crippen LogP contribution in [-0.2, 0) is 14.6 Å². The van der Waals surface area contributed by atoms with Crippen LogP contribution < -0.4 is 0 Å². The second kappa shape index (κ2) is 6.42. The average Bonchev–Trinajstić information content (AvgIpc) is 2.52. The van der Waals surface area contributed by atoms with Crippen molar-refractivity contribution in [1.82, 2.24) is 0 Å². The van der Waals surface area contributed by atoms with Gasteiger partial charge in [-0.15, -0.1) is 0 Å². The van der Waals surface area contributed by atoms with Crippen molar-refractivity contribution in [3.8, 4) is 0 Å². The maximum absolute atomic E-state index is 9.56. The van der Waals surface area contributed by atoms with E-state index in [0.29, 0.717) is 0 Å². The van der Waals surface area contributed by atoms with Crippen LogP contribution in [0.5, 0.6) is 0 Å². The van der Waals surface area contributed by atoms with E-state index in [1.807, 2.05) is 0 Å². The minimum absolute atomic E-state index is 0.0289. The lowest BCUT2D eigenvalue weighted by molar-refractivity contribution is -0.895. The monoisotopic (exact) mass is 240 g/mol. The summed E-state index contributed by atoms with van der Waals surface area (Å²) in [6.45, 7) is 7.87. The number of quaternary nitrogens is 1. The normalized spacial score (nSPS) is 19.5. The van der Waals surface area contributed by atoms with Crippen LogP contribution in [0.25, 0.3) is 0 Å². The summed E-state index contributed by atoms with van der Waals surface area (Å²) in [7, 11) is -1.82. The molecule has 0 radical (unpaired) electrons. The van der Waals surface area contributed by atoms with Crippen molar-refractivity contribution in [3.05, 3.63) is 0 Å². The first-order valence-electron chi connectivity index (χ1n) is 5.28. The third kappa shape index (κ3) is 7.72. The molecule has 92 valence electrons. The highest BCUT2D eigenvalue weighted by Gasteiger charge is 2.23. The molecule has 1 N–H and O–H groups in total. The Labute approximate surface area is 92.6 Å². The van der Waals surface area contributed by atoms with Crippen LogP contribution in [0.4, 0.5) is 0 Å². The molecule has 1 heterocycles. The lowest BCUT2D eigenvalue weighted by Gasteiger charge is -2.26. The first-order valence-corrected chi connectivity index (χ1v) is 6.65. The van der Waals surface area contributed by atoms with Gasteiger partial charge >= 0.3 is 10.4 Å². The molecular weight excluding hydrogens is 218 g/mol. The van der Waals surface area contributed by atoms with Crippen molar-refractivity contribution in [1.29, 1.82) is 0 Å². The Kier molecular flexibility index (Phi) is 6.35. The molecule has 15 heavy (non-hydrogen) atoms. The maximum atomic E-state index is 9.56. The molecule has 1 saturated heterocycles. The SMILES string of the molecule is CCOS(=O)(=O)O.CC[N+]1(C)CCCC1. The first-order chi connectivity index (χ1) is 6.83. The molecule has 5 nitrogen and oxygen atoms in total. The minimum Gasteiger partial charge on any atom is -0.326 e. The van der Waals surface area contributed by atoms with E-state index < -0.39 is 10.4 Å². The molecule has 0 spiro atoms. The predicted octanol–water partition coefficient (Wildman–Crippen LogP) is 1.07. The molecule has 0 amide bonds. The Morgan fingerprint density at radius 1 is 1.27 bits per heavy atom. The number of hydrogen-bond donors (Lipinski definition) is 1. The maximum Gasteiger partial charge on any atom is 0.397 e. The van der Waals surface area contributed by atoms with Crippen molar-refractivity contribution in [2.75, 3.05) is 33.3 Å². The van der Waals surface area contributed by atoms with Crippen LogP contribution in [0, 0.1) is 0 Å². The lowest BCUT2D eigenvalue weighted by atomic mass is 10.4. The van der Waals surface area contributed by atoms with Crippen LogP contribution in [0.2, 0.25) is 0 Å². The van der Waals surface area contributed by atoms with Crippen molar-refractivity contribution in [3.63, 3.8) is 0 Å². The van der Waals surface area contributed by atoms with Crippen LogP contribution in [0.3, 0.4) is 0 Å². The molecule has 0 unspecified atom stereocenters. The Morgan fingerprint density at radius 3 is 1.87 bits per heavy atom. The van der Waals surface area contributed by atoms with Gasteiger partial charge in [-0.05, 0) is 13.8 Å². The van der Waals surface area contributed by atoms with Gasteiger partial charge in [-0.3, -0.25) is 4.55 Å². The summed E-state index contributed by atoms with van der Waals surface area (Å²) in [5.74, 6) is 0. The van der Waals surface area contributed by atoms with Crippen molar-refractivity contribution in [2.45, 2.75) is 26.7 Å². The molecule has 1 aliphatic heterocycles. The summed E-state index contributed by atoms with van der Waals surface area (Å²) in [4.78, 5) is 0. The van der Waals surface area contributed by atoms with Gasteiger partial charge in [0.1, 0.15) is 0 Å². The lowest BCUT2D eigenvalue weighted by Crippen LogP contribution is -2.40. The van der Waals surface area contributed by atoms with E-state index >= 15 is 0 Å². The zero-order valence-electron chi connectivity index (χ0n) is 9.77. The Bertz CT molecular complexity index is 257. The second-order valence-electron chi connectivity index (χ2n) is 3.92. The van der Waals surface area contributed by atoms with E-state index in [0.717, 1.165) is 0 Å². The number of likely N-dealkylation sites (tertiary alicyclic amines) is 1. The van der Waals surface area contributed by atoms with Gasteiger partial charge in [0, 0.05) is 12.8 Å². The van der Waals surface area contributed by atoms with Gasteiger partial charge in [-0.1, -0.05) is 0 Å². The van der Waals surface area contributed by atoms with E-state index in [4.69, 9.17) is 4.55 Å². The topological polar surface area (TPSA) is 63.6 Å². The molecule has 0 saturated carbocycles. The summed E-state index contributed by atoms with van der Waals surface area (Å²) in [6.07, 6.45) is 2.90. The predicted molar refractivity (Wildman–Crippen MR) is 58.9 cm³/mol. The molecule has 0 aliphatic carbocycles. The van der Waals surface area contributed by atoms with Gasteiger partial charge in [0.25, 0.3) is 0 Å². The Morgan fingerprint density at radius 2 is 1.73 bits per heavy atom. The Balaban J connectivity index is 0.000000265. The van der Waals surface area contributed by atoms with E-state index in [1.165, 1.54) is 43.9 Å².